The van der Waals surface area contributed by atoms with Gasteiger partial charge in [-0.3, -0.25) is 0 Å². The summed E-state index contributed by atoms with van der Waals surface area (Å²) in [7, 11) is 0. The molecule has 0 aliphatic heterocycles. The molecule has 0 aromatic heterocycles. The molecular weight excluding hydrogens is 240 g/mol. The second-order valence-electron chi connectivity index (χ2n) is 6.10. The molecule has 1 aromatic rings. The molecule has 0 N–H and O–H groups in total. The van der Waals surface area contributed by atoms with E-state index in [1.54, 1.807) is 5.57 Å². The minimum absolute atomic E-state index is 0.654. The first-order valence-corrected chi connectivity index (χ1v) is 7.99. The number of unbranched alkanes of at least 4 members (excludes halogenated alkanes) is 1. The van der Waals surface area contributed by atoms with Crippen LogP contribution in [0.2, 0.25) is 0 Å². The molecule has 3 atom stereocenters. The van der Waals surface area contributed by atoms with E-state index in [0.29, 0.717) is 5.92 Å². The van der Waals surface area contributed by atoms with Gasteiger partial charge in [-0.1, -0.05) is 86.1 Å². The van der Waals surface area contributed by atoms with Gasteiger partial charge >= 0.3 is 0 Å². The van der Waals surface area contributed by atoms with Crippen molar-refractivity contribution in [1.82, 2.24) is 0 Å². The molecule has 2 bridgehead atoms. The zero-order valence-electron chi connectivity index (χ0n) is 12.3. The van der Waals surface area contributed by atoms with E-state index >= 15 is 0 Å². The van der Waals surface area contributed by atoms with Gasteiger partial charge in [-0.05, 0) is 30.2 Å². The Morgan fingerprint density at radius 2 is 1.90 bits per heavy atom. The average molecular weight is 264 g/mol. The molecule has 0 heteroatoms. The Bertz CT molecular complexity index is 518. The van der Waals surface area contributed by atoms with Crippen molar-refractivity contribution >= 4 is 6.08 Å². The largest absolute Gasteiger partial charge is 0.0808 e. The Hall–Kier alpha value is -1.56. The summed E-state index contributed by atoms with van der Waals surface area (Å²) in [5.74, 6) is 2.22. The lowest BCUT2D eigenvalue weighted by Crippen LogP contribution is -2.11. The highest BCUT2D eigenvalue weighted by Crippen LogP contribution is 2.47. The summed E-state index contributed by atoms with van der Waals surface area (Å²) < 4.78 is 0. The van der Waals surface area contributed by atoms with Gasteiger partial charge in [-0.25, -0.2) is 0 Å². The van der Waals surface area contributed by atoms with E-state index in [0.717, 1.165) is 11.8 Å². The van der Waals surface area contributed by atoms with E-state index in [9.17, 15) is 0 Å². The molecule has 0 saturated heterocycles. The molecule has 3 rings (SSSR count). The highest BCUT2D eigenvalue weighted by atomic mass is 14.4. The molecule has 1 aromatic carbocycles. The van der Waals surface area contributed by atoms with Gasteiger partial charge in [0.1, 0.15) is 0 Å². The Kier molecular flexibility index (Phi) is 4.20. The fourth-order valence-electron chi connectivity index (χ4n) is 3.72. The van der Waals surface area contributed by atoms with Crippen LogP contribution in [0.25, 0.3) is 6.08 Å². The first kappa shape index (κ1) is 13.4. The third-order valence-corrected chi connectivity index (χ3v) is 4.74. The maximum absolute atomic E-state index is 2.43. The highest BCUT2D eigenvalue weighted by Gasteiger charge is 2.36. The molecule has 0 amide bonds. The number of hydrogen-bond acceptors (Lipinski definition) is 0. The lowest BCUT2D eigenvalue weighted by atomic mass is 9.85. The smallest absolute Gasteiger partial charge is 0.00174 e. The second-order valence-corrected chi connectivity index (χ2v) is 6.10. The summed E-state index contributed by atoms with van der Waals surface area (Å²) in [6, 6.07) is 10.8. The van der Waals surface area contributed by atoms with Crippen LogP contribution < -0.4 is 0 Å². The third kappa shape index (κ3) is 2.80. The van der Waals surface area contributed by atoms with E-state index in [2.05, 4.69) is 67.6 Å². The van der Waals surface area contributed by atoms with E-state index in [4.69, 9.17) is 0 Å². The van der Waals surface area contributed by atoms with Crippen LogP contribution in [0.3, 0.4) is 0 Å². The molecule has 104 valence electrons. The fraction of sp³-hybridized carbons (Fsp3) is 0.400. The van der Waals surface area contributed by atoms with Crippen LogP contribution in [0.1, 0.15) is 38.2 Å². The molecule has 0 spiro atoms. The van der Waals surface area contributed by atoms with Crippen molar-refractivity contribution in [1.29, 1.82) is 0 Å². The first-order valence-electron chi connectivity index (χ1n) is 7.99. The van der Waals surface area contributed by atoms with Gasteiger partial charge in [0.05, 0.1) is 0 Å². The van der Waals surface area contributed by atoms with Gasteiger partial charge in [0.15, 0.2) is 0 Å². The monoisotopic (exact) mass is 264 g/mol. The van der Waals surface area contributed by atoms with E-state index < -0.39 is 0 Å². The van der Waals surface area contributed by atoms with E-state index in [1.165, 1.54) is 31.2 Å². The van der Waals surface area contributed by atoms with Crippen LogP contribution >= 0.6 is 0 Å². The van der Waals surface area contributed by atoms with Gasteiger partial charge in [-0.2, -0.15) is 0 Å². The second kappa shape index (κ2) is 6.26. The first-order chi connectivity index (χ1) is 9.88. The van der Waals surface area contributed by atoms with Crippen LogP contribution in [0, 0.1) is 17.8 Å². The SMILES string of the molecule is CCCC[C@H]1C2C=CC=CC1/C(=C\c1ccccc1)C2. The van der Waals surface area contributed by atoms with Crippen LogP contribution in [-0.2, 0) is 0 Å². The van der Waals surface area contributed by atoms with E-state index in [-0.39, 0.29) is 0 Å². The number of allylic oxidation sites excluding steroid dienone is 5. The summed E-state index contributed by atoms with van der Waals surface area (Å²) in [6.07, 6.45) is 17.1. The molecule has 20 heavy (non-hydrogen) atoms. The predicted octanol–water partition coefficient (Wildman–Crippen LogP) is 5.64. The lowest BCUT2D eigenvalue weighted by molar-refractivity contribution is 0.369. The zero-order valence-corrected chi connectivity index (χ0v) is 12.3. The molecule has 1 fully saturated rings. The Labute approximate surface area is 122 Å². The Morgan fingerprint density at radius 3 is 2.70 bits per heavy atom. The summed E-state index contributed by atoms with van der Waals surface area (Å²) in [4.78, 5) is 0. The molecule has 2 aliphatic carbocycles. The van der Waals surface area contributed by atoms with E-state index in [1.807, 2.05) is 0 Å². The standard InChI is InChI=1S/C20H24/c1-2-3-12-19-17-11-7-8-13-20(19)18(15-17)14-16-9-5-4-6-10-16/h4-11,13-14,17,19-20H,2-3,12,15H2,1H3/b18-14-/t17?,19-,20?/m0/s1. The van der Waals surface area contributed by atoms with Crippen LogP contribution in [0.15, 0.2) is 60.2 Å². The molecule has 0 radical (unpaired) electrons. The van der Waals surface area contributed by atoms with Gasteiger partial charge in [-0.15, -0.1) is 0 Å². The summed E-state index contributed by atoms with van der Waals surface area (Å²) in [5.41, 5.74) is 2.98. The van der Waals surface area contributed by atoms with Gasteiger partial charge in [0.2, 0.25) is 0 Å². The Balaban J connectivity index is 1.86. The average Bonchev–Trinajstić information content (AvgIpc) is 2.65. The van der Waals surface area contributed by atoms with Crippen molar-refractivity contribution < 1.29 is 0 Å². The predicted molar refractivity (Wildman–Crippen MR) is 87.3 cm³/mol. The summed E-state index contributed by atoms with van der Waals surface area (Å²) >= 11 is 0. The number of benzene rings is 1. The van der Waals surface area contributed by atoms with Crippen molar-refractivity contribution in [3.8, 4) is 0 Å². The zero-order chi connectivity index (χ0) is 13.8. The number of hydrogen-bond donors (Lipinski definition) is 0. The molecular formula is C20H24. The third-order valence-electron chi connectivity index (χ3n) is 4.74. The van der Waals surface area contributed by atoms with Crippen molar-refractivity contribution in [3.05, 3.63) is 65.8 Å². The fourth-order valence-corrected chi connectivity index (χ4v) is 3.72. The number of rotatable bonds is 4. The molecule has 0 heterocycles. The quantitative estimate of drug-likeness (QED) is 0.660. The van der Waals surface area contributed by atoms with Crippen LogP contribution in [-0.4, -0.2) is 0 Å². The Morgan fingerprint density at radius 1 is 1.10 bits per heavy atom. The van der Waals surface area contributed by atoms with Crippen LogP contribution in [0.5, 0.6) is 0 Å². The van der Waals surface area contributed by atoms with Crippen molar-refractivity contribution in [2.24, 2.45) is 17.8 Å². The van der Waals surface area contributed by atoms with Crippen molar-refractivity contribution in [2.45, 2.75) is 32.6 Å². The molecule has 1 saturated carbocycles. The minimum Gasteiger partial charge on any atom is -0.0808 e. The van der Waals surface area contributed by atoms with Crippen molar-refractivity contribution in [3.63, 3.8) is 0 Å². The normalized spacial score (nSPS) is 29.9. The maximum atomic E-state index is 2.43. The molecule has 0 nitrogen and oxygen atoms in total. The maximum Gasteiger partial charge on any atom is 0.00174 e. The highest BCUT2D eigenvalue weighted by molar-refractivity contribution is 5.55. The van der Waals surface area contributed by atoms with Gasteiger partial charge in [0.25, 0.3) is 0 Å². The number of fused-ring (bicyclic) bond motifs is 2. The van der Waals surface area contributed by atoms with Gasteiger partial charge in [0, 0.05) is 5.92 Å². The molecule has 2 aliphatic rings. The lowest BCUT2D eigenvalue weighted by Gasteiger charge is -2.19. The topological polar surface area (TPSA) is 0 Å². The van der Waals surface area contributed by atoms with Crippen molar-refractivity contribution in [2.75, 3.05) is 0 Å². The summed E-state index contributed by atoms with van der Waals surface area (Å²) in [5, 5.41) is 0. The molecule has 2 unspecified atom stereocenters. The van der Waals surface area contributed by atoms with Gasteiger partial charge < -0.3 is 0 Å². The van der Waals surface area contributed by atoms with Crippen LogP contribution in [0.4, 0.5) is 0 Å². The summed E-state index contributed by atoms with van der Waals surface area (Å²) in [6.45, 7) is 2.30. The minimum atomic E-state index is 0.654.